The average Bonchev–Trinajstić information content (AvgIpc) is 2.14. The van der Waals surface area contributed by atoms with Crippen LogP contribution in [0.15, 0.2) is 30.3 Å². The van der Waals surface area contributed by atoms with Crippen LogP contribution in [0.5, 0.6) is 0 Å². The summed E-state index contributed by atoms with van der Waals surface area (Å²) in [5.41, 5.74) is 1.10. The average molecular weight is 328 g/mol. The van der Waals surface area contributed by atoms with Crippen molar-refractivity contribution in [1.82, 2.24) is 0 Å². The van der Waals surface area contributed by atoms with E-state index in [0.29, 0.717) is 12.8 Å². The van der Waals surface area contributed by atoms with Crippen LogP contribution in [-0.2, 0) is 6.42 Å². The van der Waals surface area contributed by atoms with Crippen LogP contribution in [0.1, 0.15) is 18.4 Å². The Morgan fingerprint density at radius 2 is 1.73 bits per heavy atom. The highest BCUT2D eigenvalue weighted by atomic mass is 127. The molecule has 4 heteroatoms. The van der Waals surface area contributed by atoms with Gasteiger partial charge in [0.1, 0.15) is 0 Å². The molecule has 1 rings (SSSR count). The molecule has 0 radical (unpaired) electrons. The van der Waals surface area contributed by atoms with E-state index in [1.54, 1.807) is 0 Å². The van der Waals surface area contributed by atoms with Crippen molar-refractivity contribution in [2.45, 2.75) is 29.4 Å². The lowest BCUT2D eigenvalue weighted by Crippen LogP contribution is -2.15. The highest BCUT2D eigenvalue weighted by Gasteiger charge is 2.30. The third kappa shape index (κ3) is 6.02. The maximum Gasteiger partial charge on any atom is 0.390 e. The number of hydrogen-bond acceptors (Lipinski definition) is 0. The predicted octanol–water partition coefficient (Wildman–Crippen LogP) is 4.38. The fourth-order valence-corrected chi connectivity index (χ4v) is 2.13. The number of rotatable bonds is 4. The highest BCUT2D eigenvalue weighted by Crippen LogP contribution is 2.27. The first kappa shape index (κ1) is 12.8. The molecule has 1 unspecified atom stereocenters. The third-order valence-electron chi connectivity index (χ3n) is 2.04. The second kappa shape index (κ2) is 5.72. The highest BCUT2D eigenvalue weighted by molar-refractivity contribution is 14.1. The zero-order valence-corrected chi connectivity index (χ0v) is 10.3. The van der Waals surface area contributed by atoms with Gasteiger partial charge in [0, 0.05) is 3.92 Å². The number of benzene rings is 1. The molecule has 0 spiro atoms. The van der Waals surface area contributed by atoms with E-state index < -0.39 is 12.6 Å². The fraction of sp³-hybridized carbons (Fsp3) is 0.455. The SMILES string of the molecule is FC(F)(F)CC(I)CCc1ccccc1. The molecule has 0 N–H and O–H groups in total. The topological polar surface area (TPSA) is 0 Å². The summed E-state index contributed by atoms with van der Waals surface area (Å²) in [4.78, 5) is 0. The first-order valence-electron chi connectivity index (χ1n) is 4.72. The molecule has 0 saturated heterocycles. The predicted molar refractivity (Wildman–Crippen MR) is 63.2 cm³/mol. The molecule has 0 heterocycles. The maximum atomic E-state index is 12.0. The monoisotopic (exact) mass is 328 g/mol. The van der Waals surface area contributed by atoms with Gasteiger partial charge in [-0.05, 0) is 18.4 Å². The van der Waals surface area contributed by atoms with Gasteiger partial charge in [0.25, 0.3) is 0 Å². The van der Waals surface area contributed by atoms with Gasteiger partial charge in [0.15, 0.2) is 0 Å². The van der Waals surface area contributed by atoms with Crippen molar-refractivity contribution in [3.8, 4) is 0 Å². The molecule has 0 fully saturated rings. The van der Waals surface area contributed by atoms with E-state index in [1.165, 1.54) is 0 Å². The van der Waals surface area contributed by atoms with Crippen LogP contribution in [0, 0.1) is 0 Å². The van der Waals surface area contributed by atoms with Crippen LogP contribution in [0.25, 0.3) is 0 Å². The van der Waals surface area contributed by atoms with Crippen molar-refractivity contribution in [3.63, 3.8) is 0 Å². The molecule has 0 aliphatic rings. The summed E-state index contributed by atoms with van der Waals surface area (Å²) in [6.07, 6.45) is -3.45. The van der Waals surface area contributed by atoms with Crippen molar-refractivity contribution >= 4 is 22.6 Å². The van der Waals surface area contributed by atoms with Crippen molar-refractivity contribution in [3.05, 3.63) is 35.9 Å². The molecule has 15 heavy (non-hydrogen) atoms. The zero-order valence-electron chi connectivity index (χ0n) is 8.10. The van der Waals surface area contributed by atoms with Crippen LogP contribution < -0.4 is 0 Å². The van der Waals surface area contributed by atoms with Gasteiger partial charge in [-0.15, -0.1) is 0 Å². The Morgan fingerprint density at radius 1 is 1.13 bits per heavy atom. The van der Waals surface area contributed by atoms with Gasteiger partial charge in [-0.1, -0.05) is 52.9 Å². The molecular formula is C11H12F3I. The standard InChI is InChI=1S/C11H12F3I/c12-11(13,14)8-10(15)7-6-9-4-2-1-3-5-9/h1-5,10H,6-8H2. The lowest BCUT2D eigenvalue weighted by molar-refractivity contribution is -0.133. The quantitative estimate of drug-likeness (QED) is 0.569. The van der Waals surface area contributed by atoms with E-state index in [1.807, 2.05) is 52.9 Å². The zero-order chi connectivity index (χ0) is 11.3. The van der Waals surface area contributed by atoms with E-state index in [4.69, 9.17) is 0 Å². The molecule has 0 saturated carbocycles. The summed E-state index contributed by atoms with van der Waals surface area (Å²) in [5.74, 6) is 0. The van der Waals surface area contributed by atoms with Gasteiger partial charge in [-0.2, -0.15) is 13.2 Å². The van der Waals surface area contributed by atoms with Crippen molar-refractivity contribution in [2.24, 2.45) is 0 Å². The van der Waals surface area contributed by atoms with Gasteiger partial charge in [-0.3, -0.25) is 0 Å². The molecule has 1 aromatic carbocycles. The molecule has 0 aliphatic carbocycles. The second-order valence-corrected chi connectivity index (χ2v) is 5.20. The minimum Gasteiger partial charge on any atom is -0.171 e. The molecule has 0 bridgehead atoms. The van der Waals surface area contributed by atoms with Gasteiger partial charge in [0.2, 0.25) is 0 Å². The first-order valence-corrected chi connectivity index (χ1v) is 5.97. The van der Waals surface area contributed by atoms with Crippen LogP contribution in [-0.4, -0.2) is 10.1 Å². The molecule has 1 aromatic rings. The van der Waals surface area contributed by atoms with Crippen LogP contribution >= 0.6 is 22.6 Å². The Bertz CT molecular complexity index is 282. The summed E-state index contributed by atoms with van der Waals surface area (Å²) in [6, 6.07) is 9.59. The van der Waals surface area contributed by atoms with Crippen LogP contribution in [0.2, 0.25) is 0 Å². The van der Waals surface area contributed by atoms with Gasteiger partial charge >= 0.3 is 6.18 Å². The van der Waals surface area contributed by atoms with Crippen molar-refractivity contribution < 1.29 is 13.2 Å². The van der Waals surface area contributed by atoms with Crippen molar-refractivity contribution in [1.29, 1.82) is 0 Å². The second-order valence-electron chi connectivity index (χ2n) is 3.44. The number of alkyl halides is 4. The van der Waals surface area contributed by atoms with E-state index in [-0.39, 0.29) is 3.92 Å². The molecular weight excluding hydrogens is 316 g/mol. The van der Waals surface area contributed by atoms with E-state index in [2.05, 4.69) is 0 Å². The summed E-state index contributed by atoms with van der Waals surface area (Å²) in [6.45, 7) is 0. The molecule has 84 valence electrons. The molecule has 0 aliphatic heterocycles. The Morgan fingerprint density at radius 3 is 2.27 bits per heavy atom. The first-order chi connectivity index (χ1) is 6.97. The van der Waals surface area contributed by atoms with Gasteiger partial charge < -0.3 is 0 Å². The largest absolute Gasteiger partial charge is 0.390 e. The van der Waals surface area contributed by atoms with Crippen molar-refractivity contribution in [2.75, 3.05) is 0 Å². The van der Waals surface area contributed by atoms with Crippen LogP contribution in [0.4, 0.5) is 13.2 Å². The normalized spacial score (nSPS) is 13.9. The summed E-state index contributed by atoms with van der Waals surface area (Å²) < 4.78 is 35.8. The molecule has 0 nitrogen and oxygen atoms in total. The minimum absolute atomic E-state index is 0.331. The summed E-state index contributed by atoms with van der Waals surface area (Å²) in [5, 5.41) is 0. The third-order valence-corrected chi connectivity index (χ3v) is 3.11. The van der Waals surface area contributed by atoms with E-state index >= 15 is 0 Å². The number of halogens is 4. The Hall–Kier alpha value is -0.260. The van der Waals surface area contributed by atoms with Gasteiger partial charge in [0.05, 0.1) is 6.42 Å². The lowest BCUT2D eigenvalue weighted by Gasteiger charge is -2.12. The molecule has 0 aromatic heterocycles. The Labute approximate surface area is 101 Å². The fourth-order valence-electron chi connectivity index (χ4n) is 1.32. The molecule has 1 atom stereocenters. The Balaban J connectivity index is 2.32. The summed E-state index contributed by atoms with van der Waals surface area (Å²) >= 11 is 1.87. The van der Waals surface area contributed by atoms with E-state index in [0.717, 1.165) is 5.56 Å². The van der Waals surface area contributed by atoms with Crippen LogP contribution in [0.3, 0.4) is 0 Å². The smallest absolute Gasteiger partial charge is 0.171 e. The molecule has 0 amide bonds. The number of aryl methyl sites for hydroxylation is 1. The Kier molecular flexibility index (Phi) is 4.89. The number of hydrogen-bond donors (Lipinski definition) is 0. The minimum atomic E-state index is -4.04. The maximum absolute atomic E-state index is 12.0. The summed E-state index contributed by atoms with van der Waals surface area (Å²) in [7, 11) is 0. The van der Waals surface area contributed by atoms with Gasteiger partial charge in [-0.25, -0.2) is 0 Å². The lowest BCUT2D eigenvalue weighted by atomic mass is 10.1. The van der Waals surface area contributed by atoms with E-state index in [9.17, 15) is 13.2 Å².